The average molecular weight is 244 g/mol. The van der Waals surface area contributed by atoms with Crippen molar-refractivity contribution < 1.29 is 14.6 Å². The van der Waals surface area contributed by atoms with E-state index in [4.69, 9.17) is 4.74 Å². The van der Waals surface area contributed by atoms with Crippen molar-refractivity contribution in [3.05, 3.63) is 0 Å². The lowest BCUT2D eigenvalue weighted by Gasteiger charge is -2.29. The minimum Gasteiger partial charge on any atom is -0.479 e. The van der Waals surface area contributed by atoms with Crippen LogP contribution in [0.4, 0.5) is 0 Å². The lowest BCUT2D eigenvalue weighted by molar-refractivity contribution is -0.168. The maximum atomic E-state index is 11.4. The first-order valence-electron chi connectivity index (χ1n) is 6.85. The van der Waals surface area contributed by atoms with Gasteiger partial charge < -0.3 is 9.84 Å². The van der Waals surface area contributed by atoms with Gasteiger partial charge in [-0.1, -0.05) is 40.5 Å². The van der Waals surface area contributed by atoms with Crippen molar-refractivity contribution in [2.45, 2.75) is 71.8 Å². The lowest BCUT2D eigenvalue weighted by Crippen LogP contribution is -2.41. The molecule has 0 aliphatic carbocycles. The molecule has 3 nitrogen and oxygen atoms in total. The normalized spacial score (nSPS) is 12.1. The minimum absolute atomic E-state index is 0.560. The predicted molar refractivity (Wildman–Crippen MR) is 70.2 cm³/mol. The van der Waals surface area contributed by atoms with Gasteiger partial charge in [0.1, 0.15) is 0 Å². The molecule has 0 unspecified atom stereocenters. The first kappa shape index (κ1) is 16.4. The first-order valence-corrected chi connectivity index (χ1v) is 6.85. The molecule has 0 fully saturated rings. The molecular weight excluding hydrogens is 216 g/mol. The Kier molecular flexibility index (Phi) is 8.23. The van der Waals surface area contributed by atoms with E-state index >= 15 is 0 Å². The number of ether oxygens (including phenoxy) is 1. The quantitative estimate of drug-likeness (QED) is 0.593. The smallest absolute Gasteiger partial charge is 0.335 e. The number of rotatable bonds is 10. The number of hydrogen-bond acceptors (Lipinski definition) is 2. The Hall–Kier alpha value is -0.570. The second-order valence-electron chi connectivity index (χ2n) is 5.18. The molecule has 0 aromatic rings. The van der Waals surface area contributed by atoms with Crippen molar-refractivity contribution in [3.63, 3.8) is 0 Å². The highest BCUT2D eigenvalue weighted by molar-refractivity contribution is 5.77. The number of aliphatic carboxylic acids is 1. The van der Waals surface area contributed by atoms with Gasteiger partial charge in [0.25, 0.3) is 0 Å². The predicted octanol–water partition coefficient (Wildman–Crippen LogP) is 3.86. The van der Waals surface area contributed by atoms with Gasteiger partial charge in [-0.3, -0.25) is 0 Å². The highest BCUT2D eigenvalue weighted by atomic mass is 16.5. The minimum atomic E-state index is -0.944. The summed E-state index contributed by atoms with van der Waals surface area (Å²) in [5.74, 6) is -0.152. The van der Waals surface area contributed by atoms with Gasteiger partial charge in [0.2, 0.25) is 0 Å². The molecule has 0 bridgehead atoms. The fourth-order valence-electron chi connectivity index (χ4n) is 2.11. The molecule has 17 heavy (non-hydrogen) atoms. The van der Waals surface area contributed by atoms with Crippen LogP contribution in [0.15, 0.2) is 0 Å². The molecule has 0 radical (unpaired) electrons. The van der Waals surface area contributed by atoms with Crippen LogP contribution in [0.1, 0.15) is 66.2 Å². The van der Waals surface area contributed by atoms with E-state index in [1.807, 2.05) is 13.8 Å². The third-order valence-electron chi connectivity index (χ3n) is 3.00. The molecule has 0 heterocycles. The molecule has 1 N–H and O–H groups in total. The maximum absolute atomic E-state index is 11.4. The van der Waals surface area contributed by atoms with E-state index in [0.717, 1.165) is 25.7 Å². The topological polar surface area (TPSA) is 46.5 Å². The second-order valence-corrected chi connectivity index (χ2v) is 5.18. The highest BCUT2D eigenvalue weighted by Gasteiger charge is 2.37. The van der Waals surface area contributed by atoms with Gasteiger partial charge >= 0.3 is 5.97 Å². The Morgan fingerprint density at radius 3 is 2.12 bits per heavy atom. The SMILES string of the molecule is CCCC(CCC)(OCCCC(C)C)C(=O)O. The van der Waals surface area contributed by atoms with E-state index in [9.17, 15) is 9.90 Å². The van der Waals surface area contributed by atoms with Crippen LogP contribution in [-0.4, -0.2) is 23.3 Å². The Labute approximate surface area is 106 Å². The Morgan fingerprint density at radius 1 is 1.24 bits per heavy atom. The van der Waals surface area contributed by atoms with Gasteiger partial charge in [0, 0.05) is 6.61 Å². The summed E-state index contributed by atoms with van der Waals surface area (Å²) in [5, 5.41) is 9.37. The molecule has 102 valence electrons. The van der Waals surface area contributed by atoms with Crippen LogP contribution in [0.2, 0.25) is 0 Å². The fourth-order valence-corrected chi connectivity index (χ4v) is 2.11. The Balaban J connectivity index is 4.30. The average Bonchev–Trinajstić information content (AvgIpc) is 2.24. The zero-order chi connectivity index (χ0) is 13.3. The van der Waals surface area contributed by atoms with Gasteiger partial charge in [-0.2, -0.15) is 0 Å². The van der Waals surface area contributed by atoms with Crippen LogP contribution in [0, 0.1) is 5.92 Å². The Bertz CT molecular complexity index is 206. The van der Waals surface area contributed by atoms with Crippen molar-refractivity contribution >= 4 is 5.97 Å². The van der Waals surface area contributed by atoms with Crippen molar-refractivity contribution in [3.8, 4) is 0 Å². The summed E-state index contributed by atoms with van der Waals surface area (Å²) >= 11 is 0. The monoisotopic (exact) mass is 244 g/mol. The van der Waals surface area contributed by atoms with Crippen LogP contribution in [0.5, 0.6) is 0 Å². The molecule has 3 heteroatoms. The summed E-state index contributed by atoms with van der Waals surface area (Å²) in [5.41, 5.74) is -0.944. The molecule has 0 amide bonds. The number of carboxylic acid groups (broad SMARTS) is 1. The summed E-state index contributed by atoms with van der Waals surface area (Å²) < 4.78 is 5.72. The number of carboxylic acids is 1. The maximum Gasteiger partial charge on any atom is 0.335 e. The zero-order valence-electron chi connectivity index (χ0n) is 11.8. The second kappa shape index (κ2) is 8.51. The molecule has 0 atom stereocenters. The highest BCUT2D eigenvalue weighted by Crippen LogP contribution is 2.25. The third-order valence-corrected chi connectivity index (χ3v) is 3.00. The molecule has 0 spiro atoms. The van der Waals surface area contributed by atoms with Crippen molar-refractivity contribution in [1.29, 1.82) is 0 Å². The standard InChI is InChI=1S/C14H28O3/c1-5-9-14(10-6-2,13(15)16)17-11-7-8-12(3)4/h12H,5-11H2,1-4H3,(H,15,16). The van der Waals surface area contributed by atoms with E-state index in [1.54, 1.807) is 0 Å². The molecule has 0 saturated carbocycles. The van der Waals surface area contributed by atoms with Crippen LogP contribution >= 0.6 is 0 Å². The van der Waals surface area contributed by atoms with Gasteiger partial charge in [-0.15, -0.1) is 0 Å². The summed E-state index contributed by atoms with van der Waals surface area (Å²) in [6, 6.07) is 0. The van der Waals surface area contributed by atoms with Crippen LogP contribution < -0.4 is 0 Å². The first-order chi connectivity index (χ1) is 7.98. The fraction of sp³-hybridized carbons (Fsp3) is 0.929. The van der Waals surface area contributed by atoms with E-state index < -0.39 is 11.6 Å². The molecule has 0 aromatic carbocycles. The van der Waals surface area contributed by atoms with Crippen LogP contribution in [0.25, 0.3) is 0 Å². The van der Waals surface area contributed by atoms with Crippen LogP contribution in [-0.2, 0) is 9.53 Å². The van der Waals surface area contributed by atoms with Crippen molar-refractivity contribution in [2.24, 2.45) is 5.92 Å². The third kappa shape index (κ3) is 6.06. The lowest BCUT2D eigenvalue weighted by atomic mass is 9.92. The van der Waals surface area contributed by atoms with Gasteiger partial charge in [-0.25, -0.2) is 4.79 Å². The molecule has 0 aliphatic heterocycles. The van der Waals surface area contributed by atoms with Crippen molar-refractivity contribution in [2.75, 3.05) is 6.61 Å². The molecule has 0 aromatic heterocycles. The van der Waals surface area contributed by atoms with Gasteiger partial charge in [-0.05, 0) is 31.6 Å². The molecule has 0 saturated heterocycles. The zero-order valence-corrected chi connectivity index (χ0v) is 11.8. The van der Waals surface area contributed by atoms with Crippen LogP contribution in [0.3, 0.4) is 0 Å². The summed E-state index contributed by atoms with van der Waals surface area (Å²) in [6.07, 6.45) is 4.94. The van der Waals surface area contributed by atoms with E-state index in [2.05, 4.69) is 13.8 Å². The molecule has 0 aliphatic rings. The number of hydrogen-bond donors (Lipinski definition) is 1. The summed E-state index contributed by atoms with van der Waals surface area (Å²) in [7, 11) is 0. The van der Waals surface area contributed by atoms with Crippen molar-refractivity contribution in [1.82, 2.24) is 0 Å². The van der Waals surface area contributed by atoms with E-state index in [0.29, 0.717) is 25.4 Å². The Morgan fingerprint density at radius 2 is 1.76 bits per heavy atom. The van der Waals surface area contributed by atoms with Gasteiger partial charge in [0.05, 0.1) is 0 Å². The number of carbonyl (C=O) groups is 1. The molecule has 0 rings (SSSR count). The van der Waals surface area contributed by atoms with E-state index in [-0.39, 0.29) is 0 Å². The van der Waals surface area contributed by atoms with Gasteiger partial charge in [0.15, 0.2) is 5.60 Å². The summed E-state index contributed by atoms with van der Waals surface area (Å²) in [6.45, 7) is 8.91. The largest absolute Gasteiger partial charge is 0.479 e. The molecular formula is C14H28O3. The summed E-state index contributed by atoms with van der Waals surface area (Å²) in [4.78, 5) is 11.4. The van der Waals surface area contributed by atoms with E-state index in [1.165, 1.54) is 0 Å².